The molecule has 2 aromatic heterocycles. The number of rotatable bonds is 6. The molecule has 0 saturated carbocycles. The van der Waals surface area contributed by atoms with Crippen molar-refractivity contribution >= 4 is 11.3 Å². The summed E-state index contributed by atoms with van der Waals surface area (Å²) in [6, 6.07) is 4.55. The van der Waals surface area contributed by atoms with Gasteiger partial charge in [0.15, 0.2) is 0 Å². The van der Waals surface area contributed by atoms with Gasteiger partial charge < -0.3 is 5.73 Å². The van der Waals surface area contributed by atoms with Crippen LogP contribution in [0.5, 0.6) is 0 Å². The van der Waals surface area contributed by atoms with Crippen molar-refractivity contribution in [3.8, 4) is 0 Å². The third kappa shape index (κ3) is 3.98. The van der Waals surface area contributed by atoms with Crippen molar-refractivity contribution in [3.63, 3.8) is 0 Å². The van der Waals surface area contributed by atoms with E-state index in [2.05, 4.69) is 22.6 Å². The minimum absolute atomic E-state index is 0.249. The van der Waals surface area contributed by atoms with Crippen molar-refractivity contribution in [2.75, 3.05) is 0 Å². The van der Waals surface area contributed by atoms with Gasteiger partial charge in [0.05, 0.1) is 6.20 Å². The molecule has 0 bridgehead atoms. The normalized spacial score (nSPS) is 12.8. The summed E-state index contributed by atoms with van der Waals surface area (Å²) in [4.78, 5) is 1.46. The second-order valence-electron chi connectivity index (χ2n) is 4.46. The standard InChI is InChI=1S/C13H19N3S/c1-16-10-11(9-15-16)8-12(14)4-2-5-13-6-3-7-17-13/h3,6-7,9-10,12H,2,4-5,8,14H2,1H3. The topological polar surface area (TPSA) is 43.8 Å². The summed E-state index contributed by atoms with van der Waals surface area (Å²) in [6.07, 6.45) is 8.27. The molecule has 0 aliphatic carbocycles. The summed E-state index contributed by atoms with van der Waals surface area (Å²) < 4.78 is 1.83. The van der Waals surface area contributed by atoms with Gasteiger partial charge >= 0.3 is 0 Å². The molecule has 0 amide bonds. The van der Waals surface area contributed by atoms with Crippen molar-refractivity contribution in [1.82, 2.24) is 9.78 Å². The zero-order valence-electron chi connectivity index (χ0n) is 10.2. The molecule has 2 heterocycles. The maximum atomic E-state index is 6.12. The van der Waals surface area contributed by atoms with Crippen molar-refractivity contribution in [2.45, 2.75) is 31.7 Å². The molecular weight excluding hydrogens is 230 g/mol. The number of thiophene rings is 1. The molecule has 0 spiro atoms. The summed E-state index contributed by atoms with van der Waals surface area (Å²) in [6.45, 7) is 0. The molecule has 1 unspecified atom stereocenters. The average molecular weight is 249 g/mol. The zero-order chi connectivity index (χ0) is 12.1. The van der Waals surface area contributed by atoms with Gasteiger partial charge in [0.1, 0.15) is 0 Å². The predicted molar refractivity (Wildman–Crippen MR) is 72.1 cm³/mol. The number of aryl methyl sites for hydroxylation is 2. The lowest BCUT2D eigenvalue weighted by Crippen LogP contribution is -2.22. The van der Waals surface area contributed by atoms with Gasteiger partial charge in [0.2, 0.25) is 0 Å². The Morgan fingerprint density at radius 2 is 2.41 bits per heavy atom. The molecule has 0 aromatic carbocycles. The van der Waals surface area contributed by atoms with Crippen LogP contribution in [0.4, 0.5) is 0 Å². The summed E-state index contributed by atoms with van der Waals surface area (Å²) >= 11 is 1.83. The number of aromatic nitrogens is 2. The fraction of sp³-hybridized carbons (Fsp3) is 0.462. The summed E-state index contributed by atoms with van der Waals surface area (Å²) in [5, 5.41) is 6.28. The third-order valence-electron chi connectivity index (χ3n) is 2.83. The molecule has 0 saturated heterocycles. The Hall–Kier alpha value is -1.13. The van der Waals surface area contributed by atoms with E-state index >= 15 is 0 Å². The fourth-order valence-electron chi connectivity index (χ4n) is 1.98. The van der Waals surface area contributed by atoms with Gasteiger partial charge in [-0.25, -0.2) is 0 Å². The molecule has 0 fully saturated rings. The molecule has 0 aliphatic rings. The van der Waals surface area contributed by atoms with Crippen LogP contribution in [0.2, 0.25) is 0 Å². The molecule has 17 heavy (non-hydrogen) atoms. The van der Waals surface area contributed by atoms with Gasteiger partial charge in [-0.3, -0.25) is 4.68 Å². The number of hydrogen-bond donors (Lipinski definition) is 1. The second kappa shape index (κ2) is 5.98. The van der Waals surface area contributed by atoms with E-state index in [0.29, 0.717) is 0 Å². The Bertz CT molecular complexity index is 433. The highest BCUT2D eigenvalue weighted by atomic mass is 32.1. The Morgan fingerprint density at radius 3 is 3.06 bits per heavy atom. The van der Waals surface area contributed by atoms with Crippen LogP contribution in [0.3, 0.4) is 0 Å². The van der Waals surface area contributed by atoms with Gasteiger partial charge in [-0.05, 0) is 42.7 Å². The summed E-state index contributed by atoms with van der Waals surface area (Å²) in [5.74, 6) is 0. The SMILES string of the molecule is Cn1cc(CC(N)CCCc2cccs2)cn1. The Balaban J connectivity index is 1.69. The van der Waals surface area contributed by atoms with Crippen molar-refractivity contribution in [3.05, 3.63) is 40.3 Å². The Morgan fingerprint density at radius 1 is 1.53 bits per heavy atom. The molecule has 4 heteroatoms. The van der Waals surface area contributed by atoms with Gasteiger partial charge in [-0.2, -0.15) is 5.10 Å². The maximum absolute atomic E-state index is 6.12. The van der Waals surface area contributed by atoms with Crippen LogP contribution in [0, 0.1) is 0 Å². The minimum Gasteiger partial charge on any atom is -0.327 e. The smallest absolute Gasteiger partial charge is 0.0522 e. The molecule has 0 aliphatic heterocycles. The quantitative estimate of drug-likeness (QED) is 0.854. The average Bonchev–Trinajstić information content (AvgIpc) is 2.90. The highest BCUT2D eigenvalue weighted by molar-refractivity contribution is 7.09. The summed E-state index contributed by atoms with van der Waals surface area (Å²) in [5.41, 5.74) is 7.35. The molecule has 92 valence electrons. The second-order valence-corrected chi connectivity index (χ2v) is 5.49. The first-order valence-corrected chi connectivity index (χ1v) is 6.87. The largest absolute Gasteiger partial charge is 0.327 e. The third-order valence-corrected chi connectivity index (χ3v) is 3.77. The van der Waals surface area contributed by atoms with Gasteiger partial charge in [-0.15, -0.1) is 11.3 Å². The van der Waals surface area contributed by atoms with Crippen molar-refractivity contribution < 1.29 is 0 Å². The first-order chi connectivity index (χ1) is 8.24. The van der Waals surface area contributed by atoms with Crippen LogP contribution in [0.15, 0.2) is 29.9 Å². The van der Waals surface area contributed by atoms with Gasteiger partial charge in [0, 0.05) is 24.2 Å². The number of nitrogens with two attached hydrogens (primary N) is 1. The van der Waals surface area contributed by atoms with E-state index < -0.39 is 0 Å². The van der Waals surface area contributed by atoms with Gasteiger partial charge in [0.25, 0.3) is 0 Å². The Labute approximate surface area is 106 Å². The van der Waals surface area contributed by atoms with E-state index in [4.69, 9.17) is 5.73 Å². The van der Waals surface area contributed by atoms with E-state index in [-0.39, 0.29) is 6.04 Å². The molecule has 2 aromatic rings. The number of nitrogens with zero attached hydrogens (tertiary/aromatic N) is 2. The van der Waals surface area contributed by atoms with E-state index in [1.54, 1.807) is 0 Å². The Kier molecular flexibility index (Phi) is 4.34. The lowest BCUT2D eigenvalue weighted by Gasteiger charge is -2.09. The van der Waals surface area contributed by atoms with Crippen LogP contribution in [-0.2, 0) is 19.9 Å². The van der Waals surface area contributed by atoms with E-state index in [1.807, 2.05) is 35.5 Å². The first kappa shape index (κ1) is 12.3. The van der Waals surface area contributed by atoms with E-state index in [0.717, 1.165) is 19.3 Å². The highest BCUT2D eigenvalue weighted by Crippen LogP contribution is 2.13. The zero-order valence-corrected chi connectivity index (χ0v) is 11.0. The maximum Gasteiger partial charge on any atom is 0.0522 e. The minimum atomic E-state index is 0.249. The monoisotopic (exact) mass is 249 g/mol. The molecule has 0 radical (unpaired) electrons. The van der Waals surface area contributed by atoms with Crippen molar-refractivity contribution in [2.24, 2.45) is 12.8 Å². The lowest BCUT2D eigenvalue weighted by molar-refractivity contribution is 0.581. The van der Waals surface area contributed by atoms with Crippen LogP contribution in [0.1, 0.15) is 23.3 Å². The molecule has 2 rings (SSSR count). The molecular formula is C13H19N3S. The first-order valence-electron chi connectivity index (χ1n) is 5.99. The molecule has 2 N–H and O–H groups in total. The van der Waals surface area contributed by atoms with Gasteiger partial charge in [-0.1, -0.05) is 6.07 Å². The number of hydrogen-bond acceptors (Lipinski definition) is 3. The van der Waals surface area contributed by atoms with Crippen molar-refractivity contribution in [1.29, 1.82) is 0 Å². The van der Waals surface area contributed by atoms with Crippen LogP contribution in [0.25, 0.3) is 0 Å². The molecule has 1 atom stereocenters. The van der Waals surface area contributed by atoms with Crippen LogP contribution in [-0.4, -0.2) is 15.8 Å². The highest BCUT2D eigenvalue weighted by Gasteiger charge is 2.06. The molecule has 3 nitrogen and oxygen atoms in total. The lowest BCUT2D eigenvalue weighted by atomic mass is 10.0. The van der Waals surface area contributed by atoms with E-state index in [9.17, 15) is 0 Å². The van der Waals surface area contributed by atoms with E-state index in [1.165, 1.54) is 16.9 Å². The fourth-order valence-corrected chi connectivity index (χ4v) is 2.73. The van der Waals surface area contributed by atoms with Crippen LogP contribution < -0.4 is 5.73 Å². The summed E-state index contributed by atoms with van der Waals surface area (Å²) in [7, 11) is 1.94. The predicted octanol–water partition coefficient (Wildman–Crippen LogP) is 2.37. The van der Waals surface area contributed by atoms with Crippen LogP contribution >= 0.6 is 11.3 Å².